The molecule has 2 aromatic heterocycles. The smallest absolute Gasteiger partial charge is 0.339 e. The van der Waals surface area contributed by atoms with Crippen LogP contribution in [0.2, 0.25) is 5.02 Å². The van der Waals surface area contributed by atoms with Crippen molar-refractivity contribution in [2.75, 3.05) is 5.32 Å². The van der Waals surface area contributed by atoms with E-state index in [0.29, 0.717) is 14.8 Å². The number of carbonyl (C=O) groups excluding carboxylic acids is 1. The summed E-state index contributed by atoms with van der Waals surface area (Å²) in [7, 11) is 0. The van der Waals surface area contributed by atoms with Crippen LogP contribution in [0.3, 0.4) is 0 Å². The predicted octanol–water partition coefficient (Wildman–Crippen LogP) is 6.75. The maximum atomic E-state index is 12.7. The van der Waals surface area contributed by atoms with E-state index in [-0.39, 0.29) is 17.2 Å². The first-order chi connectivity index (χ1) is 14.0. The molecule has 4 rings (SSSR count). The molecule has 2 aromatic carbocycles. The van der Waals surface area contributed by atoms with Gasteiger partial charge >= 0.3 is 5.97 Å². The minimum atomic E-state index is -1.09. The van der Waals surface area contributed by atoms with Gasteiger partial charge in [0.1, 0.15) is 5.56 Å². The van der Waals surface area contributed by atoms with Crippen LogP contribution < -0.4 is 5.32 Å². The van der Waals surface area contributed by atoms with Crippen LogP contribution >= 0.6 is 34.3 Å². The number of benzene rings is 2. The summed E-state index contributed by atoms with van der Waals surface area (Å²) in [6.07, 6.45) is 0. The molecule has 0 saturated heterocycles. The Morgan fingerprint density at radius 1 is 0.897 bits per heavy atom. The largest absolute Gasteiger partial charge is 0.478 e. The number of thiophene rings is 2. The van der Waals surface area contributed by atoms with E-state index in [9.17, 15) is 14.7 Å². The van der Waals surface area contributed by atoms with Crippen LogP contribution in [0, 0.1) is 0 Å². The van der Waals surface area contributed by atoms with Crippen molar-refractivity contribution in [3.05, 3.63) is 87.6 Å². The molecule has 144 valence electrons. The maximum Gasteiger partial charge on any atom is 0.339 e. The van der Waals surface area contributed by atoms with E-state index in [1.165, 1.54) is 22.7 Å². The summed E-state index contributed by atoms with van der Waals surface area (Å²) in [5, 5.41) is 14.7. The summed E-state index contributed by atoms with van der Waals surface area (Å²) in [4.78, 5) is 26.7. The van der Waals surface area contributed by atoms with Crippen molar-refractivity contribution in [3.8, 4) is 20.9 Å². The van der Waals surface area contributed by atoms with E-state index in [0.717, 1.165) is 16.0 Å². The second-order valence-electron chi connectivity index (χ2n) is 6.15. The molecular weight excluding hydrogens is 426 g/mol. The fourth-order valence-electron chi connectivity index (χ4n) is 2.88. The number of halogens is 1. The van der Waals surface area contributed by atoms with Gasteiger partial charge in [0.25, 0.3) is 5.91 Å². The summed E-state index contributed by atoms with van der Waals surface area (Å²) in [6.45, 7) is 0. The topological polar surface area (TPSA) is 66.4 Å². The summed E-state index contributed by atoms with van der Waals surface area (Å²) >= 11 is 8.55. The van der Waals surface area contributed by atoms with Gasteiger partial charge in [0.15, 0.2) is 0 Å². The number of aromatic carboxylic acids is 1. The first kappa shape index (κ1) is 19.4. The summed E-state index contributed by atoms with van der Waals surface area (Å²) in [5.74, 6) is -1.43. The molecule has 0 aliphatic heterocycles. The number of nitrogens with one attached hydrogen (secondary N) is 1. The second kappa shape index (κ2) is 8.21. The Hall–Kier alpha value is -2.93. The summed E-state index contributed by atoms with van der Waals surface area (Å²) in [5.41, 5.74) is 2.13. The molecule has 4 nitrogen and oxygen atoms in total. The third kappa shape index (κ3) is 4.10. The first-order valence-electron chi connectivity index (χ1n) is 8.60. The zero-order chi connectivity index (χ0) is 20.4. The van der Waals surface area contributed by atoms with Gasteiger partial charge in [-0.2, -0.15) is 0 Å². The Labute approximate surface area is 180 Å². The third-order valence-electron chi connectivity index (χ3n) is 4.25. The number of carboxylic acids is 1. The molecule has 29 heavy (non-hydrogen) atoms. The number of rotatable bonds is 5. The van der Waals surface area contributed by atoms with E-state index in [2.05, 4.69) is 5.32 Å². The normalized spacial score (nSPS) is 10.7. The first-order valence-corrected chi connectivity index (χ1v) is 10.7. The Morgan fingerprint density at radius 3 is 2.31 bits per heavy atom. The molecule has 0 atom stereocenters. The fourth-order valence-corrected chi connectivity index (χ4v) is 4.91. The van der Waals surface area contributed by atoms with Crippen LogP contribution in [0.5, 0.6) is 0 Å². The van der Waals surface area contributed by atoms with E-state index < -0.39 is 5.97 Å². The minimum Gasteiger partial charge on any atom is -0.478 e. The second-order valence-corrected chi connectivity index (χ2v) is 8.55. The average molecular weight is 440 g/mol. The predicted molar refractivity (Wildman–Crippen MR) is 119 cm³/mol. The lowest BCUT2D eigenvalue weighted by molar-refractivity contribution is 0.0699. The van der Waals surface area contributed by atoms with E-state index in [1.807, 2.05) is 36.4 Å². The van der Waals surface area contributed by atoms with Gasteiger partial charge in [0.05, 0.1) is 15.4 Å². The van der Waals surface area contributed by atoms with Crippen molar-refractivity contribution in [3.63, 3.8) is 0 Å². The van der Waals surface area contributed by atoms with Crippen LogP contribution in [0.1, 0.15) is 20.0 Å². The fraction of sp³-hybridized carbons (Fsp3) is 0. The average Bonchev–Trinajstić information content (AvgIpc) is 3.37. The van der Waals surface area contributed by atoms with Gasteiger partial charge < -0.3 is 10.4 Å². The number of carbonyl (C=O) groups is 2. The molecule has 4 aromatic rings. The molecule has 0 unspecified atom stereocenters. The highest BCUT2D eigenvalue weighted by Crippen LogP contribution is 2.37. The molecule has 0 fully saturated rings. The highest BCUT2D eigenvalue weighted by atomic mass is 35.5. The van der Waals surface area contributed by atoms with Crippen molar-refractivity contribution in [1.29, 1.82) is 0 Å². The molecule has 2 heterocycles. The third-order valence-corrected chi connectivity index (χ3v) is 6.66. The Morgan fingerprint density at radius 2 is 1.62 bits per heavy atom. The highest BCUT2D eigenvalue weighted by molar-refractivity contribution is 7.17. The van der Waals surface area contributed by atoms with Gasteiger partial charge in [-0.15, -0.1) is 22.7 Å². The van der Waals surface area contributed by atoms with Crippen molar-refractivity contribution in [1.82, 2.24) is 0 Å². The number of amides is 1. The van der Waals surface area contributed by atoms with Crippen molar-refractivity contribution in [2.45, 2.75) is 0 Å². The standard InChI is InChI=1S/C22H14ClNO3S2/c23-15-8-6-14(7-9-15)20-19(22(26)27)16(12-28-20)24-21(25)18-11-10-17(29-18)13-4-2-1-3-5-13/h1-12H,(H,24,25)(H,26,27). The van der Waals surface area contributed by atoms with E-state index in [4.69, 9.17) is 11.6 Å². The van der Waals surface area contributed by atoms with Crippen molar-refractivity contribution in [2.24, 2.45) is 0 Å². The van der Waals surface area contributed by atoms with Crippen molar-refractivity contribution >= 4 is 51.8 Å². The Kier molecular flexibility index (Phi) is 5.49. The lowest BCUT2D eigenvalue weighted by Gasteiger charge is -2.05. The molecule has 7 heteroatoms. The quantitative estimate of drug-likeness (QED) is 0.361. The lowest BCUT2D eigenvalue weighted by atomic mass is 10.1. The molecule has 0 radical (unpaired) electrons. The zero-order valence-electron chi connectivity index (χ0n) is 14.9. The van der Waals surface area contributed by atoms with Crippen LogP contribution in [-0.2, 0) is 0 Å². The van der Waals surface area contributed by atoms with Gasteiger partial charge in [-0.3, -0.25) is 4.79 Å². The summed E-state index contributed by atoms with van der Waals surface area (Å²) < 4.78 is 0. The van der Waals surface area contributed by atoms with Gasteiger partial charge in [-0.1, -0.05) is 54.1 Å². The lowest BCUT2D eigenvalue weighted by Crippen LogP contribution is -2.12. The molecule has 1 amide bonds. The van der Waals surface area contributed by atoms with Gasteiger partial charge in [0.2, 0.25) is 0 Å². The summed E-state index contributed by atoms with van der Waals surface area (Å²) in [6, 6.07) is 20.3. The number of hydrogen-bond donors (Lipinski definition) is 2. The monoisotopic (exact) mass is 439 g/mol. The van der Waals surface area contributed by atoms with Crippen LogP contribution in [-0.4, -0.2) is 17.0 Å². The molecule has 0 aliphatic carbocycles. The van der Waals surface area contributed by atoms with Crippen LogP contribution in [0.15, 0.2) is 72.1 Å². The molecule has 0 spiro atoms. The highest BCUT2D eigenvalue weighted by Gasteiger charge is 2.22. The molecule has 0 aliphatic rings. The van der Waals surface area contributed by atoms with E-state index >= 15 is 0 Å². The van der Waals surface area contributed by atoms with Crippen LogP contribution in [0.25, 0.3) is 20.9 Å². The molecule has 0 saturated carbocycles. The van der Waals surface area contributed by atoms with Gasteiger partial charge in [0, 0.05) is 15.3 Å². The molecule has 2 N–H and O–H groups in total. The number of carboxylic acid groups (broad SMARTS) is 1. The zero-order valence-corrected chi connectivity index (χ0v) is 17.3. The number of anilines is 1. The maximum absolute atomic E-state index is 12.7. The Balaban J connectivity index is 1.61. The van der Waals surface area contributed by atoms with Gasteiger partial charge in [-0.25, -0.2) is 4.79 Å². The van der Waals surface area contributed by atoms with Crippen molar-refractivity contribution < 1.29 is 14.7 Å². The molecule has 0 bridgehead atoms. The SMILES string of the molecule is O=C(Nc1csc(-c2ccc(Cl)cc2)c1C(=O)O)c1ccc(-c2ccccc2)s1. The van der Waals surface area contributed by atoms with Crippen LogP contribution in [0.4, 0.5) is 5.69 Å². The van der Waals surface area contributed by atoms with E-state index in [1.54, 1.807) is 35.7 Å². The Bertz CT molecular complexity index is 1180. The number of hydrogen-bond acceptors (Lipinski definition) is 4. The van der Waals surface area contributed by atoms with Gasteiger partial charge in [-0.05, 0) is 35.4 Å². The molecular formula is C22H14ClNO3S2. The minimum absolute atomic E-state index is 0.0745.